The molecule has 0 atom stereocenters. The van der Waals surface area contributed by atoms with E-state index in [2.05, 4.69) is 20.4 Å². The van der Waals surface area contributed by atoms with Crippen molar-refractivity contribution in [1.29, 1.82) is 0 Å². The van der Waals surface area contributed by atoms with Gasteiger partial charge in [0.25, 0.3) is 0 Å². The summed E-state index contributed by atoms with van der Waals surface area (Å²) in [6, 6.07) is 11.0. The van der Waals surface area contributed by atoms with Crippen LogP contribution in [-0.2, 0) is 13.1 Å². The van der Waals surface area contributed by atoms with Gasteiger partial charge in [0.05, 0.1) is 12.1 Å². The molecule has 4 N–H and O–H groups in total. The molecular formula is C23H31N5O3. The van der Waals surface area contributed by atoms with Crippen molar-refractivity contribution in [2.75, 3.05) is 27.2 Å². The first-order valence-electron chi connectivity index (χ1n) is 10.4. The van der Waals surface area contributed by atoms with Crippen LogP contribution in [0.5, 0.6) is 11.5 Å². The summed E-state index contributed by atoms with van der Waals surface area (Å²) in [5, 5.41) is 30.5. The van der Waals surface area contributed by atoms with E-state index in [-0.39, 0.29) is 23.1 Å². The Hall–Kier alpha value is -3.10. The summed E-state index contributed by atoms with van der Waals surface area (Å²) >= 11 is 0. The molecule has 166 valence electrons. The topological polar surface area (TPSA) is 106 Å². The fourth-order valence-corrected chi connectivity index (χ4v) is 3.39. The third kappa shape index (κ3) is 5.53. The zero-order valence-electron chi connectivity index (χ0n) is 18.5. The summed E-state index contributed by atoms with van der Waals surface area (Å²) in [5.41, 5.74) is 2.84. The molecule has 0 spiro atoms. The summed E-state index contributed by atoms with van der Waals surface area (Å²) in [4.78, 5) is 14.5. The van der Waals surface area contributed by atoms with Gasteiger partial charge in [-0.1, -0.05) is 38.1 Å². The fraction of sp³-hybridized carbons (Fsp3) is 0.391. The van der Waals surface area contributed by atoms with Gasteiger partial charge >= 0.3 is 5.69 Å². The summed E-state index contributed by atoms with van der Waals surface area (Å²) in [5.74, 6) is 0.285. The van der Waals surface area contributed by atoms with E-state index in [1.807, 2.05) is 52.2 Å². The summed E-state index contributed by atoms with van der Waals surface area (Å²) < 4.78 is 1.49. The second-order valence-electron chi connectivity index (χ2n) is 8.32. The molecule has 0 radical (unpaired) electrons. The highest BCUT2D eigenvalue weighted by molar-refractivity contribution is 5.67. The third-order valence-electron chi connectivity index (χ3n) is 5.19. The molecule has 3 rings (SSSR count). The molecule has 0 aliphatic carbocycles. The van der Waals surface area contributed by atoms with Gasteiger partial charge in [-0.25, -0.2) is 9.89 Å². The second-order valence-corrected chi connectivity index (χ2v) is 8.32. The molecule has 8 nitrogen and oxygen atoms in total. The summed E-state index contributed by atoms with van der Waals surface area (Å²) in [6.45, 7) is 6.89. The number of nitrogens with zero attached hydrogens (tertiary/aromatic N) is 3. The highest BCUT2D eigenvalue weighted by Crippen LogP contribution is 2.36. The van der Waals surface area contributed by atoms with Gasteiger partial charge in [-0.15, -0.1) is 0 Å². The molecule has 31 heavy (non-hydrogen) atoms. The number of rotatable bonds is 9. The first kappa shape index (κ1) is 22.6. The smallest absolute Gasteiger partial charge is 0.343 e. The molecule has 0 fully saturated rings. The summed E-state index contributed by atoms with van der Waals surface area (Å²) in [7, 11) is 4.09. The predicted octanol–water partition coefficient (Wildman–Crippen LogP) is 2.47. The number of phenolic OH excluding ortho intramolecular Hbond substituents is 2. The quantitative estimate of drug-likeness (QED) is 0.393. The second kappa shape index (κ2) is 9.80. The lowest BCUT2D eigenvalue weighted by atomic mass is 9.98. The van der Waals surface area contributed by atoms with E-state index in [9.17, 15) is 15.0 Å². The van der Waals surface area contributed by atoms with E-state index in [0.29, 0.717) is 23.5 Å². The Morgan fingerprint density at radius 1 is 1.10 bits per heavy atom. The molecule has 0 saturated carbocycles. The maximum atomic E-state index is 12.4. The number of aromatic nitrogens is 3. The largest absolute Gasteiger partial charge is 0.508 e. The Labute approximate surface area is 182 Å². The molecule has 0 bridgehead atoms. The Morgan fingerprint density at radius 3 is 2.42 bits per heavy atom. The molecule has 8 heteroatoms. The van der Waals surface area contributed by atoms with E-state index in [1.165, 1.54) is 16.2 Å². The molecule has 2 aromatic carbocycles. The lowest BCUT2D eigenvalue weighted by molar-refractivity contribution is 0.400. The highest BCUT2D eigenvalue weighted by Gasteiger charge is 2.18. The van der Waals surface area contributed by atoms with Crippen molar-refractivity contribution in [3.63, 3.8) is 0 Å². The van der Waals surface area contributed by atoms with Crippen LogP contribution in [0.3, 0.4) is 0 Å². The van der Waals surface area contributed by atoms with E-state index in [1.54, 1.807) is 6.07 Å². The van der Waals surface area contributed by atoms with Crippen molar-refractivity contribution in [2.24, 2.45) is 0 Å². The van der Waals surface area contributed by atoms with Crippen LogP contribution in [0.25, 0.3) is 11.4 Å². The maximum Gasteiger partial charge on any atom is 0.343 e. The number of phenols is 2. The minimum Gasteiger partial charge on any atom is -0.508 e. The van der Waals surface area contributed by atoms with Gasteiger partial charge in [0.1, 0.15) is 11.5 Å². The van der Waals surface area contributed by atoms with Gasteiger partial charge < -0.3 is 20.4 Å². The average Bonchev–Trinajstić information content (AvgIpc) is 3.06. The number of H-pyrrole nitrogens is 1. The van der Waals surface area contributed by atoms with Crippen LogP contribution in [0.1, 0.15) is 36.5 Å². The Balaban J connectivity index is 1.80. The van der Waals surface area contributed by atoms with Crippen molar-refractivity contribution in [2.45, 2.75) is 32.9 Å². The lowest BCUT2D eigenvalue weighted by Gasteiger charge is -2.13. The lowest BCUT2D eigenvalue weighted by Crippen LogP contribution is -2.26. The molecule has 1 aromatic heterocycles. The van der Waals surface area contributed by atoms with Gasteiger partial charge in [-0.2, -0.15) is 5.10 Å². The minimum atomic E-state index is -0.358. The number of hydrogen-bond donors (Lipinski definition) is 4. The minimum absolute atomic E-state index is 0.0236. The van der Waals surface area contributed by atoms with Crippen LogP contribution in [0.15, 0.2) is 41.2 Å². The number of likely N-dealkylation sites (N-methyl/N-ethyl adjacent to an activating group) is 1. The van der Waals surface area contributed by atoms with E-state index in [4.69, 9.17) is 0 Å². The number of aromatic hydroxyl groups is 2. The molecule has 1 heterocycles. The molecule has 0 amide bonds. The van der Waals surface area contributed by atoms with Crippen LogP contribution >= 0.6 is 0 Å². The van der Waals surface area contributed by atoms with Crippen LogP contribution in [0.2, 0.25) is 0 Å². The normalized spacial score (nSPS) is 11.5. The molecular weight excluding hydrogens is 394 g/mol. The van der Waals surface area contributed by atoms with Gasteiger partial charge in [0.2, 0.25) is 0 Å². The van der Waals surface area contributed by atoms with Crippen LogP contribution in [-0.4, -0.2) is 57.1 Å². The Morgan fingerprint density at radius 2 is 1.77 bits per heavy atom. The van der Waals surface area contributed by atoms with E-state index >= 15 is 0 Å². The zero-order chi connectivity index (χ0) is 22.5. The SMILES string of the molecule is CC(C)c1cc(-c2n[nH]c(=O)n2Cc2ccc(CNCCN(C)C)cc2)c(O)cc1O. The average molecular weight is 426 g/mol. The number of nitrogens with one attached hydrogen (secondary N) is 2. The molecule has 0 aliphatic rings. The van der Waals surface area contributed by atoms with Gasteiger partial charge in [0, 0.05) is 25.7 Å². The van der Waals surface area contributed by atoms with Gasteiger partial charge in [0.15, 0.2) is 5.82 Å². The fourth-order valence-electron chi connectivity index (χ4n) is 3.39. The summed E-state index contributed by atoms with van der Waals surface area (Å²) in [6.07, 6.45) is 0. The molecule has 3 aromatic rings. The standard InChI is InChI=1S/C23H31N5O3/c1-15(2)18-11-19(21(30)12-20(18)29)22-25-26-23(31)28(22)14-17-7-5-16(6-8-17)13-24-9-10-27(3)4/h5-8,11-12,15,24,29-30H,9-10,13-14H2,1-4H3,(H,26,31). The monoisotopic (exact) mass is 425 g/mol. The first-order chi connectivity index (χ1) is 14.8. The van der Waals surface area contributed by atoms with E-state index in [0.717, 1.165) is 25.2 Å². The van der Waals surface area contributed by atoms with Crippen molar-refractivity contribution < 1.29 is 10.2 Å². The maximum absolute atomic E-state index is 12.4. The van der Waals surface area contributed by atoms with Crippen molar-refractivity contribution in [3.05, 3.63) is 63.6 Å². The van der Waals surface area contributed by atoms with Crippen LogP contribution < -0.4 is 11.0 Å². The van der Waals surface area contributed by atoms with Crippen molar-refractivity contribution >= 4 is 0 Å². The molecule has 0 saturated heterocycles. The van der Waals surface area contributed by atoms with E-state index < -0.39 is 0 Å². The third-order valence-corrected chi connectivity index (χ3v) is 5.19. The van der Waals surface area contributed by atoms with Crippen LogP contribution in [0, 0.1) is 0 Å². The Kier molecular flexibility index (Phi) is 7.14. The first-order valence-corrected chi connectivity index (χ1v) is 10.4. The zero-order valence-corrected chi connectivity index (χ0v) is 18.5. The Bertz CT molecular complexity index is 1070. The van der Waals surface area contributed by atoms with Crippen molar-refractivity contribution in [3.8, 4) is 22.9 Å². The molecule has 0 aliphatic heterocycles. The van der Waals surface area contributed by atoms with Crippen molar-refractivity contribution in [1.82, 2.24) is 25.0 Å². The number of hydrogen-bond acceptors (Lipinski definition) is 6. The van der Waals surface area contributed by atoms with Gasteiger partial charge in [-0.3, -0.25) is 4.57 Å². The predicted molar refractivity (Wildman–Crippen MR) is 122 cm³/mol. The molecule has 0 unspecified atom stereocenters. The van der Waals surface area contributed by atoms with Crippen LogP contribution in [0.4, 0.5) is 0 Å². The highest BCUT2D eigenvalue weighted by atomic mass is 16.3. The van der Waals surface area contributed by atoms with Gasteiger partial charge in [-0.05, 0) is 42.8 Å². The number of aromatic amines is 1. The number of benzene rings is 2.